The highest BCUT2D eigenvalue weighted by Gasteiger charge is 2.20. The summed E-state index contributed by atoms with van der Waals surface area (Å²) in [4.78, 5) is 0. The van der Waals surface area contributed by atoms with E-state index in [1.54, 1.807) is 0 Å². The number of fused-ring (bicyclic) bond motifs is 11. The molecule has 0 saturated heterocycles. The van der Waals surface area contributed by atoms with Gasteiger partial charge in [0.25, 0.3) is 0 Å². The van der Waals surface area contributed by atoms with Gasteiger partial charge >= 0.3 is 0 Å². The molecule has 2 heteroatoms. The molecule has 2 aromatic heterocycles. The number of benzene rings is 10. The van der Waals surface area contributed by atoms with Gasteiger partial charge in [-0.3, -0.25) is 0 Å². The average molecular weight is 687 g/mol. The van der Waals surface area contributed by atoms with Gasteiger partial charge in [0, 0.05) is 21.5 Å². The summed E-state index contributed by atoms with van der Waals surface area (Å²) in [5.41, 5.74) is 10.8. The molecule has 0 N–H and O–H groups in total. The zero-order chi connectivity index (χ0) is 35.3. The fourth-order valence-electron chi connectivity index (χ4n) is 9.01. The third-order valence-corrected chi connectivity index (χ3v) is 11.5. The van der Waals surface area contributed by atoms with Gasteiger partial charge in [-0.15, -0.1) is 0 Å². The Morgan fingerprint density at radius 1 is 0.241 bits per heavy atom. The summed E-state index contributed by atoms with van der Waals surface area (Å²) in [5, 5.41) is 14.4. The van der Waals surface area contributed by atoms with Crippen molar-refractivity contribution in [3.63, 3.8) is 0 Å². The molecule has 0 fully saturated rings. The van der Waals surface area contributed by atoms with Crippen LogP contribution < -0.4 is 0 Å². The monoisotopic (exact) mass is 686 g/mol. The molecule has 2 heterocycles. The minimum Gasteiger partial charge on any atom is -0.456 e. The van der Waals surface area contributed by atoms with Crippen molar-refractivity contribution in [3.8, 4) is 33.4 Å². The highest BCUT2D eigenvalue weighted by molar-refractivity contribution is 6.24. The van der Waals surface area contributed by atoms with E-state index in [1.807, 2.05) is 24.3 Å². The van der Waals surface area contributed by atoms with Crippen LogP contribution in [0.15, 0.2) is 191 Å². The third kappa shape index (κ3) is 4.22. The van der Waals surface area contributed by atoms with Crippen LogP contribution in [-0.4, -0.2) is 0 Å². The highest BCUT2D eigenvalue weighted by Crippen LogP contribution is 2.47. The van der Waals surface area contributed by atoms with Gasteiger partial charge in [0.15, 0.2) is 0 Å². The molecule has 0 unspecified atom stereocenters. The molecule has 2 nitrogen and oxygen atoms in total. The lowest BCUT2D eigenvalue weighted by Crippen LogP contribution is -1.92. The molecule has 0 bridgehead atoms. The lowest BCUT2D eigenvalue weighted by molar-refractivity contribution is 0.668. The molecule has 0 spiro atoms. The highest BCUT2D eigenvalue weighted by atomic mass is 16.3. The second-order valence-corrected chi connectivity index (χ2v) is 14.4. The molecule has 54 heavy (non-hydrogen) atoms. The van der Waals surface area contributed by atoms with Crippen molar-refractivity contribution in [2.24, 2.45) is 0 Å². The Bertz CT molecular complexity index is 3330. The minimum atomic E-state index is 0.901. The van der Waals surface area contributed by atoms with Gasteiger partial charge in [-0.1, -0.05) is 133 Å². The first-order valence-electron chi connectivity index (χ1n) is 18.5. The van der Waals surface area contributed by atoms with E-state index in [2.05, 4.69) is 158 Å². The van der Waals surface area contributed by atoms with E-state index in [1.165, 1.54) is 65.3 Å². The molecule has 12 rings (SSSR count). The summed E-state index contributed by atoms with van der Waals surface area (Å²) in [6.07, 6.45) is 0. The molecule has 0 aliphatic rings. The number of para-hydroxylation sites is 2. The van der Waals surface area contributed by atoms with Gasteiger partial charge in [0.2, 0.25) is 0 Å². The van der Waals surface area contributed by atoms with Crippen LogP contribution in [0.25, 0.3) is 120 Å². The Kier molecular flexibility index (Phi) is 6.09. The summed E-state index contributed by atoms with van der Waals surface area (Å²) >= 11 is 0. The smallest absolute Gasteiger partial charge is 0.135 e. The number of rotatable bonds is 3. The Morgan fingerprint density at radius 2 is 0.704 bits per heavy atom. The molecular weight excluding hydrogens is 657 g/mol. The molecule has 0 atom stereocenters. The maximum absolute atomic E-state index is 6.25. The predicted molar refractivity (Wildman–Crippen MR) is 227 cm³/mol. The Morgan fingerprint density at radius 3 is 1.30 bits per heavy atom. The first kappa shape index (κ1) is 29.4. The van der Waals surface area contributed by atoms with Crippen molar-refractivity contribution in [3.05, 3.63) is 182 Å². The average Bonchev–Trinajstić information content (AvgIpc) is 3.80. The van der Waals surface area contributed by atoms with Crippen molar-refractivity contribution in [2.45, 2.75) is 0 Å². The van der Waals surface area contributed by atoms with Crippen LogP contribution in [0.1, 0.15) is 0 Å². The SMILES string of the molecule is c1ccc2c(c1)cc(-c1c3cccc(-c4ccc5oc6ccccc6c5c4)c3cc3c(-c4ccc5oc6ccccc6c5c4)cccc13)c1ccccc12. The zero-order valence-corrected chi connectivity index (χ0v) is 29.1. The van der Waals surface area contributed by atoms with Crippen molar-refractivity contribution in [1.29, 1.82) is 0 Å². The standard InChI is InChI=1S/C52H30O2/c1-2-12-34-31(11-1)29-47(38-14-4-3-13-37(34)38)52-41-19-9-17-35(32-23-25-50-45(27-32)39-15-5-7-21-48(39)53-50)43(41)30-44-36(18-10-20-42(44)52)33-24-26-51-46(28-33)40-16-6-8-22-49(40)54-51/h1-30H. The fourth-order valence-corrected chi connectivity index (χ4v) is 9.01. The Hall–Kier alpha value is -7.16. The maximum Gasteiger partial charge on any atom is 0.135 e. The molecule has 0 saturated carbocycles. The zero-order valence-electron chi connectivity index (χ0n) is 29.1. The van der Waals surface area contributed by atoms with Crippen molar-refractivity contribution < 1.29 is 8.83 Å². The van der Waals surface area contributed by atoms with Gasteiger partial charge < -0.3 is 8.83 Å². The van der Waals surface area contributed by atoms with Crippen LogP contribution in [0.2, 0.25) is 0 Å². The Balaban J connectivity index is 1.21. The third-order valence-electron chi connectivity index (χ3n) is 11.5. The van der Waals surface area contributed by atoms with Crippen LogP contribution in [0.3, 0.4) is 0 Å². The quantitative estimate of drug-likeness (QED) is 0.137. The molecule has 12 aromatic rings. The second-order valence-electron chi connectivity index (χ2n) is 14.4. The van der Waals surface area contributed by atoms with E-state index in [0.29, 0.717) is 0 Å². The van der Waals surface area contributed by atoms with E-state index in [-0.39, 0.29) is 0 Å². The second kappa shape index (κ2) is 11.2. The summed E-state index contributed by atoms with van der Waals surface area (Å²) in [6, 6.07) is 65.9. The van der Waals surface area contributed by atoms with E-state index in [0.717, 1.165) is 55.0 Å². The topological polar surface area (TPSA) is 26.3 Å². The lowest BCUT2D eigenvalue weighted by Gasteiger charge is -2.19. The molecule has 10 aromatic carbocycles. The van der Waals surface area contributed by atoms with Gasteiger partial charge in [0.05, 0.1) is 0 Å². The van der Waals surface area contributed by atoms with Crippen molar-refractivity contribution >= 4 is 87.0 Å². The number of hydrogen-bond donors (Lipinski definition) is 0. The molecule has 0 radical (unpaired) electrons. The number of hydrogen-bond acceptors (Lipinski definition) is 2. The van der Waals surface area contributed by atoms with Crippen LogP contribution in [0, 0.1) is 0 Å². The molecular formula is C52H30O2. The Labute approximate surface area is 310 Å². The van der Waals surface area contributed by atoms with Gasteiger partial charge in [-0.25, -0.2) is 0 Å². The van der Waals surface area contributed by atoms with E-state index < -0.39 is 0 Å². The maximum atomic E-state index is 6.25. The first-order valence-corrected chi connectivity index (χ1v) is 18.5. The first-order chi connectivity index (χ1) is 26.8. The van der Waals surface area contributed by atoms with Gasteiger partial charge in [0.1, 0.15) is 22.3 Å². The van der Waals surface area contributed by atoms with Crippen molar-refractivity contribution in [2.75, 3.05) is 0 Å². The van der Waals surface area contributed by atoms with Crippen LogP contribution >= 0.6 is 0 Å². The van der Waals surface area contributed by atoms with Crippen LogP contribution in [-0.2, 0) is 0 Å². The normalized spacial score (nSPS) is 12.1. The van der Waals surface area contributed by atoms with E-state index in [4.69, 9.17) is 8.83 Å². The fraction of sp³-hybridized carbons (Fsp3) is 0. The van der Waals surface area contributed by atoms with E-state index in [9.17, 15) is 0 Å². The summed E-state index contributed by atoms with van der Waals surface area (Å²) in [7, 11) is 0. The summed E-state index contributed by atoms with van der Waals surface area (Å²) < 4.78 is 12.5. The molecule has 0 aliphatic heterocycles. The van der Waals surface area contributed by atoms with Crippen LogP contribution in [0.4, 0.5) is 0 Å². The number of furan rings is 2. The van der Waals surface area contributed by atoms with Crippen LogP contribution in [0.5, 0.6) is 0 Å². The van der Waals surface area contributed by atoms with Gasteiger partial charge in [-0.05, 0) is 125 Å². The summed E-state index contributed by atoms with van der Waals surface area (Å²) in [6.45, 7) is 0. The lowest BCUT2D eigenvalue weighted by atomic mass is 9.84. The van der Waals surface area contributed by atoms with Gasteiger partial charge in [-0.2, -0.15) is 0 Å². The van der Waals surface area contributed by atoms with E-state index >= 15 is 0 Å². The predicted octanol–water partition coefficient (Wildman–Crippen LogP) is 15.1. The summed E-state index contributed by atoms with van der Waals surface area (Å²) in [5.74, 6) is 0. The minimum absolute atomic E-state index is 0.901. The molecule has 250 valence electrons. The molecule has 0 amide bonds. The van der Waals surface area contributed by atoms with Crippen molar-refractivity contribution in [1.82, 2.24) is 0 Å². The largest absolute Gasteiger partial charge is 0.456 e. The molecule has 0 aliphatic carbocycles.